The number of amides is 1. The summed E-state index contributed by atoms with van der Waals surface area (Å²) in [6, 6.07) is 5.75. The largest absolute Gasteiger partial charge is 0.311 e. The maximum Gasteiger partial charge on any atom is 0.281 e. The zero-order chi connectivity index (χ0) is 15.8. The normalized spacial score (nSPS) is 14.9. The fourth-order valence-corrected chi connectivity index (χ4v) is 3.51. The van der Waals surface area contributed by atoms with Gasteiger partial charge in [-0.15, -0.1) is 0 Å². The Morgan fingerprint density at radius 3 is 2.62 bits per heavy atom. The average molecular weight is 376 g/mol. The fourth-order valence-electron chi connectivity index (χ4n) is 2.27. The summed E-state index contributed by atoms with van der Waals surface area (Å²) >= 11 is 3.41. The van der Waals surface area contributed by atoms with E-state index in [-0.39, 0.29) is 12.5 Å². The second-order valence-corrected chi connectivity index (χ2v) is 8.28. The van der Waals surface area contributed by atoms with Crippen LogP contribution in [0.4, 0.5) is 5.69 Å². The fraction of sp³-hybridized carbons (Fsp3) is 0.462. The SMILES string of the molecule is CN(C)S(=O)(=O)N(C)CC(=O)N1CCc2cc(Br)ccc21. The first-order valence-corrected chi connectivity index (χ1v) is 8.65. The van der Waals surface area contributed by atoms with Gasteiger partial charge in [0.1, 0.15) is 0 Å². The third-order valence-electron chi connectivity index (χ3n) is 3.45. The Bertz CT molecular complexity index is 661. The first-order chi connectivity index (χ1) is 9.73. The molecule has 0 fully saturated rings. The number of likely N-dealkylation sites (N-methyl/N-ethyl adjacent to an activating group) is 1. The molecule has 1 aromatic carbocycles. The smallest absolute Gasteiger partial charge is 0.281 e. The molecule has 1 heterocycles. The van der Waals surface area contributed by atoms with Crippen LogP contribution in [0, 0.1) is 0 Å². The molecule has 21 heavy (non-hydrogen) atoms. The van der Waals surface area contributed by atoms with Crippen LogP contribution in [-0.4, -0.2) is 57.2 Å². The molecule has 1 aliphatic heterocycles. The molecule has 116 valence electrons. The zero-order valence-electron chi connectivity index (χ0n) is 12.2. The van der Waals surface area contributed by atoms with Crippen LogP contribution in [-0.2, 0) is 21.4 Å². The van der Waals surface area contributed by atoms with Crippen molar-refractivity contribution in [1.82, 2.24) is 8.61 Å². The number of rotatable bonds is 4. The molecule has 1 aliphatic rings. The van der Waals surface area contributed by atoms with Crippen LogP contribution in [0.15, 0.2) is 22.7 Å². The van der Waals surface area contributed by atoms with E-state index >= 15 is 0 Å². The monoisotopic (exact) mass is 375 g/mol. The van der Waals surface area contributed by atoms with Crippen LogP contribution >= 0.6 is 15.9 Å². The molecule has 0 saturated heterocycles. The summed E-state index contributed by atoms with van der Waals surface area (Å²) in [6.07, 6.45) is 0.782. The van der Waals surface area contributed by atoms with Crippen molar-refractivity contribution in [3.05, 3.63) is 28.2 Å². The van der Waals surface area contributed by atoms with Crippen molar-refractivity contribution in [2.45, 2.75) is 6.42 Å². The van der Waals surface area contributed by atoms with E-state index in [1.807, 2.05) is 18.2 Å². The molecule has 0 N–H and O–H groups in total. The van der Waals surface area contributed by atoms with E-state index in [1.54, 1.807) is 4.90 Å². The highest BCUT2D eigenvalue weighted by Gasteiger charge is 2.29. The molecule has 2 rings (SSSR count). The molecular formula is C13H18BrN3O3S. The van der Waals surface area contributed by atoms with Gasteiger partial charge in [-0.05, 0) is 30.2 Å². The molecule has 0 aliphatic carbocycles. The molecule has 8 heteroatoms. The van der Waals surface area contributed by atoms with Crippen molar-refractivity contribution in [3.8, 4) is 0 Å². The number of nitrogens with zero attached hydrogens (tertiary/aromatic N) is 3. The number of hydrogen-bond acceptors (Lipinski definition) is 3. The van der Waals surface area contributed by atoms with Gasteiger partial charge in [-0.3, -0.25) is 4.79 Å². The quantitative estimate of drug-likeness (QED) is 0.790. The lowest BCUT2D eigenvalue weighted by Crippen LogP contribution is -2.44. The number of anilines is 1. The molecule has 1 amide bonds. The summed E-state index contributed by atoms with van der Waals surface area (Å²) in [7, 11) is 0.721. The van der Waals surface area contributed by atoms with Crippen molar-refractivity contribution in [2.75, 3.05) is 39.1 Å². The highest BCUT2D eigenvalue weighted by atomic mass is 79.9. The van der Waals surface area contributed by atoms with E-state index in [9.17, 15) is 13.2 Å². The van der Waals surface area contributed by atoms with E-state index < -0.39 is 10.2 Å². The molecule has 6 nitrogen and oxygen atoms in total. The van der Waals surface area contributed by atoms with Crippen molar-refractivity contribution >= 4 is 37.7 Å². The summed E-state index contributed by atoms with van der Waals surface area (Å²) in [5, 5.41) is 0. The zero-order valence-corrected chi connectivity index (χ0v) is 14.6. The van der Waals surface area contributed by atoms with Gasteiger partial charge >= 0.3 is 0 Å². The summed E-state index contributed by atoms with van der Waals surface area (Å²) in [5.74, 6) is -0.219. The van der Waals surface area contributed by atoms with E-state index in [4.69, 9.17) is 0 Å². The Kier molecular flexibility index (Phi) is 4.72. The predicted molar refractivity (Wildman–Crippen MR) is 85.4 cm³/mol. The molecule has 0 spiro atoms. The van der Waals surface area contributed by atoms with Gasteiger partial charge in [0, 0.05) is 37.8 Å². The van der Waals surface area contributed by atoms with Gasteiger partial charge in [0.15, 0.2) is 0 Å². The first-order valence-electron chi connectivity index (χ1n) is 6.46. The minimum Gasteiger partial charge on any atom is -0.311 e. The van der Waals surface area contributed by atoms with Crippen LogP contribution in [0.1, 0.15) is 5.56 Å². The Labute approximate surface area is 133 Å². The molecule has 1 aromatic rings. The van der Waals surface area contributed by atoms with Crippen LogP contribution in [0.25, 0.3) is 0 Å². The maximum atomic E-state index is 12.4. The van der Waals surface area contributed by atoms with Gasteiger partial charge in [0.2, 0.25) is 5.91 Å². The third kappa shape index (κ3) is 3.28. The van der Waals surface area contributed by atoms with Crippen molar-refractivity contribution in [3.63, 3.8) is 0 Å². The molecule has 0 atom stereocenters. The standard InChI is InChI=1S/C13H18BrN3O3S/c1-15(2)21(19,20)16(3)9-13(18)17-7-6-10-8-11(14)4-5-12(10)17/h4-5,8H,6-7,9H2,1-3H3. The minimum atomic E-state index is -3.57. The number of carbonyl (C=O) groups is 1. The second kappa shape index (κ2) is 6.04. The van der Waals surface area contributed by atoms with Crippen LogP contribution < -0.4 is 4.90 Å². The summed E-state index contributed by atoms with van der Waals surface area (Å²) < 4.78 is 27.0. The number of halogens is 1. The summed E-state index contributed by atoms with van der Waals surface area (Å²) in [4.78, 5) is 14.0. The van der Waals surface area contributed by atoms with Crippen LogP contribution in [0.5, 0.6) is 0 Å². The number of fused-ring (bicyclic) bond motifs is 1. The molecule has 0 saturated carbocycles. The minimum absolute atomic E-state index is 0.171. The van der Waals surface area contributed by atoms with Gasteiger partial charge in [-0.25, -0.2) is 0 Å². The van der Waals surface area contributed by atoms with E-state index in [1.165, 1.54) is 21.1 Å². The molecule has 0 bridgehead atoms. The van der Waals surface area contributed by atoms with Gasteiger partial charge < -0.3 is 4.90 Å². The van der Waals surface area contributed by atoms with Crippen molar-refractivity contribution in [1.29, 1.82) is 0 Å². The number of hydrogen-bond donors (Lipinski definition) is 0. The summed E-state index contributed by atoms with van der Waals surface area (Å²) in [5.41, 5.74) is 1.95. The highest BCUT2D eigenvalue weighted by Crippen LogP contribution is 2.30. The number of benzene rings is 1. The van der Waals surface area contributed by atoms with Crippen molar-refractivity contribution in [2.24, 2.45) is 0 Å². The summed E-state index contributed by atoms with van der Waals surface area (Å²) in [6.45, 7) is 0.413. The maximum absolute atomic E-state index is 12.4. The highest BCUT2D eigenvalue weighted by molar-refractivity contribution is 9.10. The van der Waals surface area contributed by atoms with Gasteiger partial charge in [-0.1, -0.05) is 15.9 Å². The lowest BCUT2D eigenvalue weighted by atomic mass is 10.2. The second-order valence-electron chi connectivity index (χ2n) is 5.11. The third-order valence-corrected chi connectivity index (χ3v) is 5.78. The molecule has 0 radical (unpaired) electrons. The number of carbonyl (C=O) groups excluding carboxylic acids is 1. The Morgan fingerprint density at radius 2 is 2.00 bits per heavy atom. The van der Waals surface area contributed by atoms with Crippen LogP contribution in [0.3, 0.4) is 0 Å². The first kappa shape index (κ1) is 16.4. The molecule has 0 aromatic heterocycles. The van der Waals surface area contributed by atoms with Crippen LogP contribution in [0.2, 0.25) is 0 Å². The topological polar surface area (TPSA) is 60.9 Å². The van der Waals surface area contributed by atoms with E-state index in [0.29, 0.717) is 6.54 Å². The van der Waals surface area contributed by atoms with Crippen molar-refractivity contribution < 1.29 is 13.2 Å². The lowest BCUT2D eigenvalue weighted by Gasteiger charge is -2.24. The Hall–Kier alpha value is -0.960. The lowest BCUT2D eigenvalue weighted by molar-refractivity contribution is -0.118. The van der Waals surface area contributed by atoms with E-state index in [0.717, 1.165) is 30.8 Å². The van der Waals surface area contributed by atoms with E-state index in [2.05, 4.69) is 15.9 Å². The van der Waals surface area contributed by atoms with Gasteiger partial charge in [0.25, 0.3) is 10.2 Å². The Balaban J connectivity index is 2.14. The van der Waals surface area contributed by atoms with Gasteiger partial charge in [-0.2, -0.15) is 17.0 Å². The Morgan fingerprint density at radius 1 is 1.33 bits per heavy atom. The average Bonchev–Trinajstić information content (AvgIpc) is 2.81. The van der Waals surface area contributed by atoms with Gasteiger partial charge in [0.05, 0.1) is 6.54 Å². The molecular weight excluding hydrogens is 358 g/mol. The molecule has 0 unspecified atom stereocenters. The predicted octanol–water partition coefficient (Wildman–Crippen LogP) is 1.08.